The van der Waals surface area contributed by atoms with E-state index in [2.05, 4.69) is 9.72 Å². The third-order valence-corrected chi connectivity index (χ3v) is 4.64. The van der Waals surface area contributed by atoms with Crippen LogP contribution in [0.2, 0.25) is 0 Å². The predicted molar refractivity (Wildman–Crippen MR) is 80.1 cm³/mol. The Kier molecular flexibility index (Phi) is 4.32. The molecule has 124 valence electrons. The van der Waals surface area contributed by atoms with Gasteiger partial charge >= 0.3 is 5.97 Å². The van der Waals surface area contributed by atoms with E-state index in [4.69, 9.17) is 9.47 Å². The largest absolute Gasteiger partial charge is 0.465 e. The lowest BCUT2D eigenvalue weighted by molar-refractivity contribution is 0.0486. The van der Waals surface area contributed by atoms with Crippen LogP contribution in [-0.4, -0.2) is 68.9 Å². The number of pyridine rings is 1. The second-order valence-electron chi connectivity index (χ2n) is 6.12. The van der Waals surface area contributed by atoms with Crippen LogP contribution in [0, 0.1) is 11.3 Å². The summed E-state index contributed by atoms with van der Waals surface area (Å²) in [6, 6.07) is 3.11. The van der Waals surface area contributed by atoms with Gasteiger partial charge in [0.15, 0.2) is 0 Å². The van der Waals surface area contributed by atoms with E-state index < -0.39 is 5.97 Å². The molecule has 7 heteroatoms. The number of hydrogen-bond donors (Lipinski definition) is 0. The lowest BCUT2D eigenvalue weighted by atomic mass is 9.82. The summed E-state index contributed by atoms with van der Waals surface area (Å²) in [5.74, 6) is -0.310. The fourth-order valence-corrected chi connectivity index (χ4v) is 3.40. The highest BCUT2D eigenvalue weighted by Crippen LogP contribution is 2.41. The summed E-state index contributed by atoms with van der Waals surface area (Å²) in [6.07, 6.45) is 1.37. The van der Waals surface area contributed by atoms with E-state index in [0.29, 0.717) is 50.1 Å². The monoisotopic (exact) mass is 320 g/mol. The molecule has 2 saturated heterocycles. The zero-order chi connectivity index (χ0) is 16.4. The van der Waals surface area contributed by atoms with Crippen molar-refractivity contribution in [2.45, 2.75) is 0 Å². The van der Waals surface area contributed by atoms with Crippen molar-refractivity contribution < 1.29 is 23.8 Å². The molecule has 3 heterocycles. The molecule has 2 atom stereocenters. The molecule has 23 heavy (non-hydrogen) atoms. The van der Waals surface area contributed by atoms with Gasteiger partial charge in [0.05, 0.1) is 32.5 Å². The van der Waals surface area contributed by atoms with Gasteiger partial charge in [-0.2, -0.15) is 0 Å². The second kappa shape index (κ2) is 6.25. The quantitative estimate of drug-likeness (QED) is 0.756. The molecule has 1 aromatic heterocycles. The first-order valence-electron chi connectivity index (χ1n) is 7.50. The maximum Gasteiger partial charge on any atom is 0.339 e. The third kappa shape index (κ3) is 2.82. The number of aromatic nitrogens is 1. The fourth-order valence-electron chi connectivity index (χ4n) is 3.40. The molecule has 0 N–H and O–H groups in total. The molecule has 0 unspecified atom stereocenters. The summed E-state index contributed by atoms with van der Waals surface area (Å²) in [7, 11) is 2.98. The topological polar surface area (TPSA) is 78.0 Å². The third-order valence-electron chi connectivity index (χ3n) is 4.64. The molecule has 0 spiro atoms. The van der Waals surface area contributed by atoms with Crippen molar-refractivity contribution in [3.8, 4) is 0 Å². The molecule has 0 saturated carbocycles. The minimum atomic E-state index is -0.469. The molecule has 0 radical (unpaired) electrons. The number of amides is 1. The Morgan fingerprint density at radius 1 is 1.43 bits per heavy atom. The van der Waals surface area contributed by atoms with Crippen LogP contribution >= 0.6 is 0 Å². The minimum Gasteiger partial charge on any atom is -0.465 e. The van der Waals surface area contributed by atoms with Gasteiger partial charge in [-0.25, -0.2) is 4.79 Å². The number of hydrogen-bond acceptors (Lipinski definition) is 6. The molecule has 3 rings (SSSR count). The van der Waals surface area contributed by atoms with Gasteiger partial charge in [-0.15, -0.1) is 0 Å². The number of likely N-dealkylation sites (tertiary alicyclic amines) is 1. The van der Waals surface area contributed by atoms with Gasteiger partial charge in [0.2, 0.25) is 0 Å². The molecule has 0 bridgehead atoms. The highest BCUT2D eigenvalue weighted by molar-refractivity contribution is 5.94. The molecule has 2 fully saturated rings. The Hall–Kier alpha value is -1.99. The van der Waals surface area contributed by atoms with Crippen LogP contribution in [0.5, 0.6) is 0 Å². The Labute approximate surface area is 134 Å². The number of ether oxygens (including phenoxy) is 3. The number of methoxy groups -OCH3 is 2. The number of esters is 1. The van der Waals surface area contributed by atoms with Crippen LogP contribution < -0.4 is 0 Å². The summed E-state index contributed by atoms with van der Waals surface area (Å²) in [5.41, 5.74) is 0.536. The van der Waals surface area contributed by atoms with E-state index in [0.717, 1.165) is 0 Å². The van der Waals surface area contributed by atoms with E-state index in [1.807, 2.05) is 0 Å². The van der Waals surface area contributed by atoms with E-state index in [1.165, 1.54) is 13.3 Å². The van der Waals surface area contributed by atoms with Crippen molar-refractivity contribution in [2.24, 2.45) is 11.3 Å². The summed E-state index contributed by atoms with van der Waals surface area (Å²) in [4.78, 5) is 30.0. The molecule has 1 amide bonds. The standard InChI is InChI=1S/C16H20N2O5/c1-21-9-16-8-18(6-12(16)7-23-10-16)14(19)13-4-3-11(5-17-13)15(20)22-2/h3-5,12H,6-10H2,1-2H3/t12-,16-/m0/s1. The van der Waals surface area contributed by atoms with Crippen LogP contribution in [0.1, 0.15) is 20.8 Å². The number of carbonyl (C=O) groups is 2. The Morgan fingerprint density at radius 3 is 2.91 bits per heavy atom. The van der Waals surface area contributed by atoms with Gasteiger partial charge in [-0.05, 0) is 12.1 Å². The van der Waals surface area contributed by atoms with Gasteiger partial charge in [0, 0.05) is 37.7 Å². The Bertz CT molecular complexity index is 603. The lowest BCUT2D eigenvalue weighted by Crippen LogP contribution is -2.37. The van der Waals surface area contributed by atoms with Gasteiger partial charge in [-0.3, -0.25) is 9.78 Å². The van der Waals surface area contributed by atoms with Crippen molar-refractivity contribution >= 4 is 11.9 Å². The molecule has 2 aliphatic heterocycles. The zero-order valence-corrected chi connectivity index (χ0v) is 13.3. The van der Waals surface area contributed by atoms with Crippen molar-refractivity contribution in [1.29, 1.82) is 0 Å². The summed E-state index contributed by atoms with van der Waals surface area (Å²) < 4.78 is 15.5. The van der Waals surface area contributed by atoms with Crippen LogP contribution in [-0.2, 0) is 14.2 Å². The van der Waals surface area contributed by atoms with Gasteiger partial charge in [0.25, 0.3) is 5.91 Å². The lowest BCUT2D eigenvalue weighted by Gasteiger charge is -2.25. The number of carbonyl (C=O) groups excluding carboxylic acids is 2. The predicted octanol–water partition coefficient (Wildman–Crippen LogP) is 0.603. The van der Waals surface area contributed by atoms with Crippen LogP contribution in [0.25, 0.3) is 0 Å². The smallest absolute Gasteiger partial charge is 0.339 e. The molecular weight excluding hydrogens is 300 g/mol. The van der Waals surface area contributed by atoms with Crippen molar-refractivity contribution in [1.82, 2.24) is 9.88 Å². The molecule has 0 aromatic carbocycles. The number of rotatable bonds is 4. The zero-order valence-electron chi connectivity index (χ0n) is 13.3. The average molecular weight is 320 g/mol. The first-order valence-corrected chi connectivity index (χ1v) is 7.50. The summed E-state index contributed by atoms with van der Waals surface area (Å²) in [5, 5.41) is 0. The molecular formula is C16H20N2O5. The van der Waals surface area contributed by atoms with E-state index in [9.17, 15) is 9.59 Å². The fraction of sp³-hybridized carbons (Fsp3) is 0.562. The Morgan fingerprint density at radius 2 is 2.26 bits per heavy atom. The van der Waals surface area contributed by atoms with E-state index in [-0.39, 0.29) is 11.3 Å². The first kappa shape index (κ1) is 15.9. The number of fused-ring (bicyclic) bond motifs is 1. The summed E-state index contributed by atoms with van der Waals surface area (Å²) >= 11 is 0. The van der Waals surface area contributed by atoms with Crippen molar-refractivity contribution in [3.05, 3.63) is 29.6 Å². The maximum atomic E-state index is 12.6. The highest BCUT2D eigenvalue weighted by Gasteiger charge is 2.52. The van der Waals surface area contributed by atoms with Crippen LogP contribution in [0.4, 0.5) is 0 Å². The minimum absolute atomic E-state index is 0.115. The van der Waals surface area contributed by atoms with Gasteiger partial charge in [0.1, 0.15) is 5.69 Å². The maximum absolute atomic E-state index is 12.6. The Balaban J connectivity index is 1.73. The van der Waals surface area contributed by atoms with E-state index >= 15 is 0 Å². The first-order chi connectivity index (χ1) is 11.1. The summed E-state index contributed by atoms with van der Waals surface area (Å²) in [6.45, 7) is 3.09. The normalized spacial score (nSPS) is 26.2. The number of nitrogens with zero attached hydrogens (tertiary/aromatic N) is 2. The molecule has 1 aromatic rings. The van der Waals surface area contributed by atoms with E-state index in [1.54, 1.807) is 24.1 Å². The van der Waals surface area contributed by atoms with Gasteiger partial charge < -0.3 is 19.1 Å². The van der Waals surface area contributed by atoms with Crippen molar-refractivity contribution in [2.75, 3.05) is 47.1 Å². The SMILES string of the molecule is COC[C@@]12COC[C@@H]1CN(C(=O)c1ccc(C(=O)OC)cn1)C2. The second-order valence-corrected chi connectivity index (χ2v) is 6.12. The van der Waals surface area contributed by atoms with Crippen LogP contribution in [0.15, 0.2) is 18.3 Å². The molecule has 2 aliphatic rings. The van der Waals surface area contributed by atoms with Crippen molar-refractivity contribution in [3.63, 3.8) is 0 Å². The highest BCUT2D eigenvalue weighted by atomic mass is 16.5. The van der Waals surface area contributed by atoms with Crippen LogP contribution in [0.3, 0.4) is 0 Å². The average Bonchev–Trinajstić information content (AvgIpc) is 3.10. The molecule has 7 nitrogen and oxygen atoms in total. The van der Waals surface area contributed by atoms with Gasteiger partial charge in [-0.1, -0.05) is 0 Å². The molecule has 0 aliphatic carbocycles.